The topological polar surface area (TPSA) is 108 Å². The minimum Gasteiger partial charge on any atom is -0.466 e. The summed E-state index contributed by atoms with van der Waals surface area (Å²) in [6.45, 7) is 9.69. The van der Waals surface area contributed by atoms with E-state index >= 15 is 0 Å². The summed E-state index contributed by atoms with van der Waals surface area (Å²) in [5, 5.41) is 14.8. The number of nitrogens with one attached hydrogen (secondary N) is 1. The molecule has 0 heterocycles. The van der Waals surface area contributed by atoms with Crippen molar-refractivity contribution in [1.29, 1.82) is 0 Å². The van der Waals surface area contributed by atoms with Crippen molar-refractivity contribution >= 4 is 23.3 Å². The van der Waals surface area contributed by atoms with Crippen molar-refractivity contribution in [3.63, 3.8) is 0 Å². The Morgan fingerprint density at radius 1 is 1.18 bits per heavy atom. The maximum atomic E-state index is 12.1. The zero-order chi connectivity index (χ0) is 21.4. The van der Waals surface area contributed by atoms with Gasteiger partial charge in [0, 0.05) is 11.3 Å². The quantitative estimate of drug-likeness (QED) is 0.355. The monoisotopic (exact) mass is 390 g/mol. The molecule has 0 saturated carbocycles. The Labute approximate surface area is 164 Å². The van der Waals surface area contributed by atoms with Crippen molar-refractivity contribution in [2.45, 2.75) is 51.9 Å². The summed E-state index contributed by atoms with van der Waals surface area (Å²) in [6.07, 6.45) is 1.71. The van der Waals surface area contributed by atoms with Crippen LogP contribution in [0, 0.1) is 17.0 Å². The van der Waals surface area contributed by atoms with Gasteiger partial charge in [0.25, 0.3) is 5.69 Å². The zero-order valence-electron chi connectivity index (χ0n) is 17.3. The number of hydrogen-bond donors (Lipinski definition) is 1. The van der Waals surface area contributed by atoms with Gasteiger partial charge < -0.3 is 14.8 Å². The number of carbonyl (C=O) groups is 2. The van der Waals surface area contributed by atoms with Gasteiger partial charge in [-0.15, -0.1) is 0 Å². The van der Waals surface area contributed by atoms with Gasteiger partial charge in [0.2, 0.25) is 0 Å². The van der Waals surface area contributed by atoms with Crippen LogP contribution in [0.25, 0.3) is 0 Å². The third-order valence-corrected chi connectivity index (χ3v) is 5.16. The second-order valence-corrected chi connectivity index (χ2v) is 8.22. The lowest BCUT2D eigenvalue weighted by atomic mass is 9.81. The standard InChI is InChI=1S/C20H26N2O6/c1-11-13(21-14(18(24)28-7)9-15(23)27-6)8-12-16(17(11)22(25)26)20(4,5)10-19(12,2)3/h8-9,21H,10H2,1-7H3/b14-9+. The molecule has 1 aromatic carbocycles. The van der Waals surface area contributed by atoms with Crippen molar-refractivity contribution in [2.24, 2.45) is 0 Å². The van der Waals surface area contributed by atoms with Crippen molar-refractivity contribution in [3.05, 3.63) is 44.6 Å². The normalized spacial score (nSPS) is 16.9. The van der Waals surface area contributed by atoms with Crippen LogP contribution in [0.5, 0.6) is 0 Å². The Kier molecular flexibility index (Phi) is 5.55. The minimum atomic E-state index is -0.785. The highest BCUT2D eigenvalue weighted by Crippen LogP contribution is 2.54. The molecule has 0 saturated heterocycles. The predicted octanol–water partition coefficient (Wildman–Crippen LogP) is 3.50. The molecule has 1 aliphatic carbocycles. The highest BCUT2D eigenvalue weighted by molar-refractivity contribution is 5.99. The number of carbonyl (C=O) groups excluding carboxylic acids is 2. The van der Waals surface area contributed by atoms with Crippen LogP contribution in [0.4, 0.5) is 11.4 Å². The summed E-state index contributed by atoms with van der Waals surface area (Å²) < 4.78 is 9.27. The van der Waals surface area contributed by atoms with Gasteiger partial charge in [0.1, 0.15) is 5.70 Å². The van der Waals surface area contributed by atoms with Crippen molar-refractivity contribution in [3.8, 4) is 0 Å². The lowest BCUT2D eigenvalue weighted by Gasteiger charge is -2.22. The number of fused-ring (bicyclic) bond motifs is 1. The predicted molar refractivity (Wildman–Crippen MR) is 104 cm³/mol. The lowest BCUT2D eigenvalue weighted by Crippen LogP contribution is -2.18. The molecule has 28 heavy (non-hydrogen) atoms. The molecule has 0 unspecified atom stereocenters. The summed E-state index contributed by atoms with van der Waals surface area (Å²) in [4.78, 5) is 35.2. The van der Waals surface area contributed by atoms with Crippen LogP contribution in [0.3, 0.4) is 0 Å². The van der Waals surface area contributed by atoms with E-state index in [1.807, 2.05) is 33.8 Å². The number of ether oxygens (including phenoxy) is 2. The molecule has 1 aliphatic rings. The second-order valence-electron chi connectivity index (χ2n) is 8.22. The highest BCUT2D eigenvalue weighted by Gasteiger charge is 2.47. The summed E-state index contributed by atoms with van der Waals surface area (Å²) in [5.41, 5.74) is 1.52. The van der Waals surface area contributed by atoms with E-state index in [9.17, 15) is 19.7 Å². The first-order valence-corrected chi connectivity index (χ1v) is 8.83. The van der Waals surface area contributed by atoms with Crippen LogP contribution in [0.2, 0.25) is 0 Å². The Bertz CT molecular complexity index is 883. The first-order valence-electron chi connectivity index (χ1n) is 8.83. The van der Waals surface area contributed by atoms with E-state index in [0.29, 0.717) is 16.8 Å². The fourth-order valence-corrected chi connectivity index (χ4v) is 4.21. The van der Waals surface area contributed by atoms with E-state index in [4.69, 9.17) is 4.74 Å². The van der Waals surface area contributed by atoms with Gasteiger partial charge in [-0.3, -0.25) is 10.1 Å². The van der Waals surface area contributed by atoms with Crippen LogP contribution in [-0.2, 0) is 29.9 Å². The van der Waals surface area contributed by atoms with Gasteiger partial charge in [0.05, 0.1) is 30.8 Å². The third kappa shape index (κ3) is 3.72. The second kappa shape index (κ2) is 7.26. The van der Waals surface area contributed by atoms with E-state index in [0.717, 1.165) is 18.1 Å². The van der Waals surface area contributed by atoms with Crippen LogP contribution in [-0.4, -0.2) is 31.1 Å². The summed E-state index contributed by atoms with van der Waals surface area (Å²) in [7, 11) is 2.36. The number of hydrogen-bond acceptors (Lipinski definition) is 7. The van der Waals surface area contributed by atoms with Crippen LogP contribution in [0.15, 0.2) is 17.8 Å². The molecule has 8 nitrogen and oxygen atoms in total. The fourth-order valence-electron chi connectivity index (χ4n) is 4.21. The van der Waals surface area contributed by atoms with Crippen molar-refractivity contribution in [2.75, 3.05) is 19.5 Å². The van der Waals surface area contributed by atoms with Gasteiger partial charge in [-0.1, -0.05) is 27.7 Å². The number of esters is 2. The minimum absolute atomic E-state index is 0.0258. The average molecular weight is 390 g/mol. The molecule has 152 valence electrons. The molecule has 1 N–H and O–H groups in total. The number of rotatable bonds is 5. The molecule has 0 aliphatic heterocycles. The number of anilines is 1. The number of nitro groups is 1. The van der Waals surface area contributed by atoms with Crippen molar-refractivity contribution < 1.29 is 24.0 Å². The van der Waals surface area contributed by atoms with Gasteiger partial charge in [0.15, 0.2) is 0 Å². The summed E-state index contributed by atoms with van der Waals surface area (Å²) >= 11 is 0. The van der Waals surface area contributed by atoms with Gasteiger partial charge in [-0.05, 0) is 35.8 Å². The van der Waals surface area contributed by atoms with Gasteiger partial charge >= 0.3 is 11.9 Å². The number of nitrogens with zero attached hydrogens (tertiary/aromatic N) is 1. The molecule has 0 bridgehead atoms. The number of benzene rings is 1. The summed E-state index contributed by atoms with van der Waals surface area (Å²) in [6, 6.07) is 1.82. The first-order chi connectivity index (χ1) is 12.9. The number of nitro benzene ring substituents is 1. The van der Waals surface area contributed by atoms with E-state index in [1.54, 1.807) is 6.92 Å². The largest absolute Gasteiger partial charge is 0.466 e. The summed E-state index contributed by atoms with van der Waals surface area (Å²) in [5.74, 6) is -1.53. The van der Waals surface area contributed by atoms with Gasteiger partial charge in [-0.2, -0.15) is 0 Å². The number of methoxy groups -OCH3 is 2. The molecule has 0 amide bonds. The van der Waals surface area contributed by atoms with E-state index in [-0.39, 0.29) is 27.1 Å². The zero-order valence-corrected chi connectivity index (χ0v) is 17.3. The molecule has 0 spiro atoms. The van der Waals surface area contributed by atoms with Crippen LogP contribution < -0.4 is 5.32 Å². The third-order valence-electron chi connectivity index (χ3n) is 5.16. The Balaban J connectivity index is 2.72. The highest BCUT2D eigenvalue weighted by atomic mass is 16.6. The maximum absolute atomic E-state index is 12.1. The Morgan fingerprint density at radius 2 is 1.79 bits per heavy atom. The molecule has 0 aromatic heterocycles. The molecule has 0 atom stereocenters. The maximum Gasteiger partial charge on any atom is 0.354 e. The average Bonchev–Trinajstić information content (AvgIpc) is 2.77. The Morgan fingerprint density at radius 3 is 2.29 bits per heavy atom. The smallest absolute Gasteiger partial charge is 0.354 e. The van der Waals surface area contributed by atoms with E-state index in [2.05, 4.69) is 10.1 Å². The molecule has 0 radical (unpaired) electrons. The van der Waals surface area contributed by atoms with Gasteiger partial charge in [-0.25, -0.2) is 9.59 Å². The van der Waals surface area contributed by atoms with Crippen LogP contribution in [0.1, 0.15) is 50.8 Å². The van der Waals surface area contributed by atoms with E-state index < -0.39 is 11.9 Å². The molecular formula is C20H26N2O6. The molecule has 2 rings (SSSR count). The fraction of sp³-hybridized carbons (Fsp3) is 0.500. The first kappa shape index (κ1) is 21.4. The van der Waals surface area contributed by atoms with Crippen molar-refractivity contribution in [1.82, 2.24) is 0 Å². The molecular weight excluding hydrogens is 364 g/mol. The molecule has 1 aromatic rings. The lowest BCUT2D eigenvalue weighted by molar-refractivity contribution is -0.386. The SMILES string of the molecule is COC(=O)/C=C(/Nc1cc2c(c([N+](=O)[O-])c1C)C(C)(C)CC2(C)C)C(=O)OC. The van der Waals surface area contributed by atoms with Crippen LogP contribution >= 0.6 is 0 Å². The Hall–Kier alpha value is -2.90. The van der Waals surface area contributed by atoms with E-state index in [1.165, 1.54) is 14.2 Å². The molecule has 8 heteroatoms. The molecule has 0 fully saturated rings.